The van der Waals surface area contributed by atoms with E-state index in [-0.39, 0.29) is 11.9 Å². The molecule has 1 aliphatic heterocycles. The lowest BCUT2D eigenvalue weighted by Crippen LogP contribution is -2.36. The Morgan fingerprint density at radius 3 is 2.53 bits per heavy atom. The zero-order valence-corrected chi connectivity index (χ0v) is 8.80. The molecule has 15 heavy (non-hydrogen) atoms. The maximum absolute atomic E-state index is 11.8. The van der Waals surface area contributed by atoms with Gasteiger partial charge in [-0.2, -0.15) is 4.98 Å². The number of nitrogens with zero attached hydrogens (tertiary/aromatic N) is 4. The van der Waals surface area contributed by atoms with Crippen LogP contribution in [0.25, 0.3) is 0 Å². The predicted molar refractivity (Wildman–Crippen MR) is 52.9 cm³/mol. The van der Waals surface area contributed by atoms with Gasteiger partial charge in [-0.1, -0.05) is 0 Å². The monoisotopic (exact) mass is 208 g/mol. The van der Waals surface area contributed by atoms with Crippen LogP contribution in [0.2, 0.25) is 0 Å². The largest absolute Gasteiger partial charge is 0.369 e. The van der Waals surface area contributed by atoms with Crippen molar-refractivity contribution in [1.82, 2.24) is 14.8 Å². The van der Waals surface area contributed by atoms with Gasteiger partial charge in [0, 0.05) is 12.6 Å². The Balaban J connectivity index is 2.38. The van der Waals surface area contributed by atoms with Crippen LogP contribution in [-0.2, 0) is 11.8 Å². The molecular formula is C9H12N4O2. The molecule has 0 aliphatic carbocycles. The number of carbonyl (C=O) groups is 1. The molecular weight excluding hydrogens is 196 g/mol. The fourth-order valence-electron chi connectivity index (χ4n) is 1.49. The van der Waals surface area contributed by atoms with E-state index in [0.717, 1.165) is 0 Å². The third-order valence-corrected chi connectivity index (χ3v) is 2.57. The first-order chi connectivity index (χ1) is 7.02. The molecule has 1 amide bonds. The maximum Gasteiger partial charge on any atom is 0.258 e. The lowest BCUT2D eigenvalue weighted by Gasteiger charge is -2.17. The minimum absolute atomic E-state index is 0.228. The molecule has 0 saturated heterocycles. The number of aromatic nitrogens is 3. The Hall–Kier alpha value is -1.69. The minimum atomic E-state index is -0.945. The highest BCUT2D eigenvalue weighted by Gasteiger charge is 2.36. The fraction of sp³-hybridized carbons (Fsp3) is 0.444. The van der Waals surface area contributed by atoms with Crippen LogP contribution in [0.3, 0.4) is 0 Å². The third-order valence-electron chi connectivity index (χ3n) is 2.57. The van der Waals surface area contributed by atoms with Crippen molar-refractivity contribution in [2.45, 2.75) is 20.1 Å². The summed E-state index contributed by atoms with van der Waals surface area (Å²) < 4.78 is 1.48. The molecule has 0 fully saturated rings. The van der Waals surface area contributed by atoms with Gasteiger partial charge in [0.2, 0.25) is 0 Å². The van der Waals surface area contributed by atoms with E-state index in [0.29, 0.717) is 11.1 Å². The highest BCUT2D eigenvalue weighted by atomic mass is 16.3. The summed E-state index contributed by atoms with van der Waals surface area (Å²) in [6.45, 7) is 3.41. The molecule has 1 aromatic heterocycles. The number of carbonyl (C=O) groups excluding carboxylic acids is 1. The number of aryl methyl sites for hydroxylation is 1. The molecule has 1 atom stereocenters. The lowest BCUT2D eigenvalue weighted by molar-refractivity contribution is -0.115. The molecule has 0 radical (unpaired) electrons. The van der Waals surface area contributed by atoms with Crippen molar-refractivity contribution in [3.05, 3.63) is 17.5 Å². The van der Waals surface area contributed by atoms with Crippen LogP contribution >= 0.6 is 0 Å². The first-order valence-electron chi connectivity index (χ1n) is 4.57. The van der Waals surface area contributed by atoms with Crippen LogP contribution in [-0.4, -0.2) is 32.0 Å². The summed E-state index contributed by atoms with van der Waals surface area (Å²) in [5.41, 5.74) is 1.20. The van der Waals surface area contributed by atoms with Crippen LogP contribution in [0.15, 0.2) is 17.5 Å². The van der Waals surface area contributed by atoms with Gasteiger partial charge in [-0.05, 0) is 19.4 Å². The van der Waals surface area contributed by atoms with Gasteiger partial charge in [0.25, 0.3) is 11.9 Å². The standard InChI is InChI=1S/C9H12N4O2/c1-5-6(2)8(15)13(7(5)14)9-10-4-12(3)11-9/h4,7,14H,1-3H3. The quantitative estimate of drug-likeness (QED) is 0.694. The number of rotatable bonds is 1. The molecule has 1 aliphatic rings. The molecule has 2 rings (SSSR count). The van der Waals surface area contributed by atoms with E-state index < -0.39 is 6.23 Å². The summed E-state index contributed by atoms with van der Waals surface area (Å²) >= 11 is 0. The Morgan fingerprint density at radius 2 is 2.13 bits per heavy atom. The fourth-order valence-corrected chi connectivity index (χ4v) is 1.49. The normalized spacial score (nSPS) is 21.7. The zero-order valence-electron chi connectivity index (χ0n) is 8.80. The Labute approximate surface area is 86.8 Å². The summed E-state index contributed by atoms with van der Waals surface area (Å²) in [6, 6.07) is 0. The van der Waals surface area contributed by atoms with E-state index in [9.17, 15) is 9.90 Å². The second kappa shape index (κ2) is 3.16. The van der Waals surface area contributed by atoms with Gasteiger partial charge in [-0.25, -0.2) is 4.90 Å². The number of aliphatic hydroxyl groups excluding tert-OH is 1. The van der Waals surface area contributed by atoms with Crippen molar-refractivity contribution in [3.8, 4) is 0 Å². The molecule has 6 heteroatoms. The van der Waals surface area contributed by atoms with E-state index in [2.05, 4.69) is 10.1 Å². The Kier molecular flexibility index (Phi) is 2.08. The number of aliphatic hydroxyl groups is 1. The summed E-state index contributed by atoms with van der Waals surface area (Å²) in [5.74, 6) is -0.0163. The van der Waals surface area contributed by atoms with Gasteiger partial charge in [-0.3, -0.25) is 9.48 Å². The molecule has 0 aromatic carbocycles. The van der Waals surface area contributed by atoms with E-state index >= 15 is 0 Å². The van der Waals surface area contributed by atoms with Gasteiger partial charge in [-0.15, -0.1) is 5.10 Å². The molecule has 2 heterocycles. The van der Waals surface area contributed by atoms with E-state index in [4.69, 9.17) is 0 Å². The van der Waals surface area contributed by atoms with Gasteiger partial charge in [0.05, 0.1) is 0 Å². The van der Waals surface area contributed by atoms with Crippen LogP contribution in [0.4, 0.5) is 5.95 Å². The van der Waals surface area contributed by atoms with E-state index in [1.165, 1.54) is 15.9 Å². The molecule has 6 nitrogen and oxygen atoms in total. The second-order valence-corrected chi connectivity index (χ2v) is 3.58. The zero-order chi connectivity index (χ0) is 11.2. The minimum Gasteiger partial charge on any atom is -0.369 e. The van der Waals surface area contributed by atoms with E-state index in [1.54, 1.807) is 20.9 Å². The molecule has 0 bridgehead atoms. The van der Waals surface area contributed by atoms with Crippen molar-refractivity contribution in [2.24, 2.45) is 7.05 Å². The third kappa shape index (κ3) is 1.33. The smallest absolute Gasteiger partial charge is 0.258 e. The number of anilines is 1. The van der Waals surface area contributed by atoms with Gasteiger partial charge in [0.1, 0.15) is 6.33 Å². The van der Waals surface area contributed by atoms with Crippen molar-refractivity contribution in [1.29, 1.82) is 0 Å². The number of amides is 1. The summed E-state index contributed by atoms with van der Waals surface area (Å²) in [6.07, 6.45) is 0.540. The van der Waals surface area contributed by atoms with Crippen molar-refractivity contribution >= 4 is 11.9 Å². The molecule has 80 valence electrons. The number of hydrogen-bond donors (Lipinski definition) is 1. The van der Waals surface area contributed by atoms with Crippen molar-refractivity contribution in [2.75, 3.05) is 4.90 Å². The summed E-state index contributed by atoms with van der Waals surface area (Å²) in [5, 5.41) is 13.8. The van der Waals surface area contributed by atoms with Crippen LogP contribution in [0, 0.1) is 0 Å². The van der Waals surface area contributed by atoms with Crippen molar-refractivity contribution in [3.63, 3.8) is 0 Å². The predicted octanol–water partition coefficient (Wildman–Crippen LogP) is -0.184. The average Bonchev–Trinajstić information content (AvgIpc) is 2.68. The summed E-state index contributed by atoms with van der Waals surface area (Å²) in [4.78, 5) is 16.9. The van der Waals surface area contributed by atoms with Crippen LogP contribution in [0.5, 0.6) is 0 Å². The highest BCUT2D eigenvalue weighted by Crippen LogP contribution is 2.26. The lowest BCUT2D eigenvalue weighted by atomic mass is 10.2. The Morgan fingerprint density at radius 1 is 1.47 bits per heavy atom. The average molecular weight is 208 g/mol. The Bertz CT molecular complexity index is 449. The van der Waals surface area contributed by atoms with Crippen LogP contribution in [0.1, 0.15) is 13.8 Å². The first-order valence-corrected chi connectivity index (χ1v) is 4.57. The van der Waals surface area contributed by atoms with E-state index in [1.807, 2.05) is 0 Å². The first kappa shape index (κ1) is 9.85. The molecule has 1 unspecified atom stereocenters. The second-order valence-electron chi connectivity index (χ2n) is 3.58. The maximum atomic E-state index is 11.8. The topological polar surface area (TPSA) is 71.2 Å². The molecule has 1 N–H and O–H groups in total. The molecule has 0 saturated carbocycles. The van der Waals surface area contributed by atoms with Gasteiger partial charge in [0.15, 0.2) is 6.23 Å². The van der Waals surface area contributed by atoms with Crippen LogP contribution < -0.4 is 4.90 Å². The van der Waals surface area contributed by atoms with Crippen molar-refractivity contribution < 1.29 is 9.90 Å². The SMILES string of the molecule is CC1=C(C)C(O)N(c2ncn(C)n2)C1=O. The van der Waals surface area contributed by atoms with Gasteiger partial charge < -0.3 is 5.11 Å². The summed E-state index contributed by atoms with van der Waals surface area (Å²) in [7, 11) is 1.70. The highest BCUT2D eigenvalue weighted by molar-refractivity contribution is 6.08. The molecule has 1 aromatic rings. The van der Waals surface area contributed by atoms with Gasteiger partial charge >= 0.3 is 0 Å². The number of hydrogen-bond acceptors (Lipinski definition) is 4. The molecule has 0 spiro atoms.